The number of ether oxygens (including phenoxy) is 1. The van der Waals surface area contributed by atoms with Crippen molar-refractivity contribution in [2.45, 2.75) is 58.1 Å². The summed E-state index contributed by atoms with van der Waals surface area (Å²) in [5.41, 5.74) is 6.42. The van der Waals surface area contributed by atoms with Crippen molar-refractivity contribution < 1.29 is 4.74 Å². The highest BCUT2D eigenvalue weighted by Gasteiger charge is 2.64. The average molecular weight is 393 g/mol. The Hall–Kier alpha value is -0.0400. The third kappa shape index (κ3) is 2.67. The normalized spacial score (nSPS) is 34.8. The second kappa shape index (κ2) is 6.38. The molecular formula is C15H28IN3O. The van der Waals surface area contributed by atoms with E-state index in [0.29, 0.717) is 35.4 Å². The van der Waals surface area contributed by atoms with E-state index in [9.17, 15) is 0 Å². The number of rotatable bonds is 3. The molecule has 3 aliphatic rings. The third-order valence-electron chi connectivity index (χ3n) is 5.22. The zero-order valence-corrected chi connectivity index (χ0v) is 14.9. The third-order valence-corrected chi connectivity index (χ3v) is 5.22. The molecule has 2 aliphatic carbocycles. The summed E-state index contributed by atoms with van der Waals surface area (Å²) in [4.78, 5) is 4.46. The van der Waals surface area contributed by atoms with Crippen LogP contribution < -0.4 is 11.1 Å². The first kappa shape index (κ1) is 16.3. The molecule has 0 aromatic rings. The highest BCUT2D eigenvalue weighted by molar-refractivity contribution is 14.0. The number of nitrogens with zero attached hydrogens (tertiary/aromatic N) is 1. The molecule has 5 heteroatoms. The van der Waals surface area contributed by atoms with Crippen molar-refractivity contribution in [2.75, 3.05) is 13.2 Å². The van der Waals surface area contributed by atoms with Gasteiger partial charge in [-0.1, -0.05) is 26.7 Å². The van der Waals surface area contributed by atoms with Crippen LogP contribution in [-0.4, -0.2) is 31.3 Å². The van der Waals surface area contributed by atoms with Crippen molar-refractivity contribution in [2.24, 2.45) is 28.0 Å². The van der Waals surface area contributed by atoms with Gasteiger partial charge in [0, 0.05) is 30.5 Å². The summed E-state index contributed by atoms with van der Waals surface area (Å²) in [7, 11) is 0. The number of nitrogens with two attached hydrogens (primary N) is 1. The van der Waals surface area contributed by atoms with E-state index in [1.54, 1.807) is 0 Å². The van der Waals surface area contributed by atoms with Gasteiger partial charge in [-0.05, 0) is 25.2 Å². The van der Waals surface area contributed by atoms with Gasteiger partial charge in [-0.15, -0.1) is 24.0 Å². The number of hydrogen-bond acceptors (Lipinski definition) is 2. The van der Waals surface area contributed by atoms with Gasteiger partial charge in [-0.25, -0.2) is 0 Å². The molecule has 1 heterocycles. The molecule has 0 radical (unpaired) electrons. The monoisotopic (exact) mass is 393 g/mol. The molecule has 3 rings (SSSR count). The lowest BCUT2D eigenvalue weighted by Crippen LogP contribution is -2.69. The molecule has 3 unspecified atom stereocenters. The maximum Gasteiger partial charge on any atom is 0.188 e. The Morgan fingerprint density at radius 3 is 2.75 bits per heavy atom. The van der Waals surface area contributed by atoms with Crippen molar-refractivity contribution in [3.63, 3.8) is 0 Å². The van der Waals surface area contributed by atoms with Crippen LogP contribution in [0.5, 0.6) is 0 Å². The summed E-state index contributed by atoms with van der Waals surface area (Å²) >= 11 is 0. The molecule has 1 spiro atoms. The van der Waals surface area contributed by atoms with Gasteiger partial charge in [0.2, 0.25) is 0 Å². The Bertz CT molecular complexity index is 366. The summed E-state index contributed by atoms with van der Waals surface area (Å²) in [6, 6.07) is 0.499. The van der Waals surface area contributed by atoms with E-state index < -0.39 is 0 Å². The van der Waals surface area contributed by atoms with Gasteiger partial charge >= 0.3 is 0 Å². The molecule has 1 aliphatic heterocycles. The summed E-state index contributed by atoms with van der Waals surface area (Å²) < 4.78 is 5.98. The topological polar surface area (TPSA) is 59.6 Å². The number of fused-ring (bicyclic) bond motifs is 2. The van der Waals surface area contributed by atoms with Crippen LogP contribution in [0.3, 0.4) is 0 Å². The molecule has 0 aromatic carbocycles. The SMILES string of the molecule is CC(C)CN=C(N)NC1C2CCOC2C12CCCC2.I. The molecule has 1 saturated heterocycles. The zero-order valence-electron chi connectivity index (χ0n) is 12.6. The molecule has 3 atom stereocenters. The Morgan fingerprint density at radius 2 is 2.10 bits per heavy atom. The molecular weight excluding hydrogens is 365 g/mol. The zero-order chi connectivity index (χ0) is 13.5. The summed E-state index contributed by atoms with van der Waals surface area (Å²) in [6.45, 7) is 6.07. The van der Waals surface area contributed by atoms with Gasteiger partial charge in [0.25, 0.3) is 0 Å². The first-order valence-corrected chi connectivity index (χ1v) is 7.81. The van der Waals surface area contributed by atoms with Crippen LogP contribution in [0.15, 0.2) is 4.99 Å². The van der Waals surface area contributed by atoms with Crippen LogP contribution in [0.2, 0.25) is 0 Å². The molecule has 4 nitrogen and oxygen atoms in total. The minimum Gasteiger partial charge on any atom is -0.377 e. The minimum absolute atomic E-state index is 0. The van der Waals surface area contributed by atoms with Crippen molar-refractivity contribution in [1.82, 2.24) is 5.32 Å². The van der Waals surface area contributed by atoms with Crippen molar-refractivity contribution in [3.05, 3.63) is 0 Å². The lowest BCUT2D eigenvalue weighted by atomic mass is 9.54. The van der Waals surface area contributed by atoms with E-state index >= 15 is 0 Å². The van der Waals surface area contributed by atoms with Crippen molar-refractivity contribution in [1.29, 1.82) is 0 Å². The first-order chi connectivity index (χ1) is 9.13. The van der Waals surface area contributed by atoms with Gasteiger partial charge in [0.05, 0.1) is 6.10 Å². The Morgan fingerprint density at radius 1 is 1.40 bits per heavy atom. The van der Waals surface area contributed by atoms with E-state index in [1.165, 1.54) is 32.1 Å². The van der Waals surface area contributed by atoms with E-state index in [1.807, 2.05) is 0 Å². The van der Waals surface area contributed by atoms with Gasteiger partial charge in [-0.3, -0.25) is 4.99 Å². The lowest BCUT2D eigenvalue weighted by Gasteiger charge is -2.57. The van der Waals surface area contributed by atoms with Gasteiger partial charge in [0.1, 0.15) is 0 Å². The predicted octanol–water partition coefficient (Wildman–Crippen LogP) is 2.51. The molecule has 3 N–H and O–H groups in total. The second-order valence-corrected chi connectivity index (χ2v) is 6.93. The van der Waals surface area contributed by atoms with Gasteiger partial charge in [0.15, 0.2) is 5.96 Å². The van der Waals surface area contributed by atoms with Crippen molar-refractivity contribution in [3.8, 4) is 0 Å². The number of guanidine groups is 1. The van der Waals surface area contributed by atoms with Crippen molar-refractivity contribution >= 4 is 29.9 Å². The standard InChI is InChI=1S/C15H27N3O.HI/c1-10(2)9-17-14(16)18-12-11-5-8-19-13(11)15(12)6-3-4-7-15;/h10-13H,3-9H2,1-2H3,(H3,16,17,18);1H. The van der Waals surface area contributed by atoms with E-state index in [0.717, 1.165) is 13.2 Å². The molecule has 0 aromatic heterocycles. The fourth-order valence-electron chi connectivity index (χ4n) is 4.39. The number of hydrogen-bond donors (Lipinski definition) is 2. The van der Waals surface area contributed by atoms with E-state index in [2.05, 4.69) is 24.2 Å². The Balaban J connectivity index is 0.00000147. The Labute approximate surface area is 139 Å². The quantitative estimate of drug-likeness (QED) is 0.440. The minimum atomic E-state index is 0. The number of aliphatic imine (C=N–C) groups is 1. The lowest BCUT2D eigenvalue weighted by molar-refractivity contribution is -0.124. The molecule has 0 amide bonds. The van der Waals surface area contributed by atoms with E-state index in [4.69, 9.17) is 10.5 Å². The average Bonchev–Trinajstić information content (AvgIpc) is 3.01. The van der Waals surface area contributed by atoms with Gasteiger partial charge in [-0.2, -0.15) is 0 Å². The number of nitrogens with one attached hydrogen (secondary N) is 1. The van der Waals surface area contributed by atoms with Crippen LogP contribution in [0, 0.1) is 17.3 Å². The smallest absolute Gasteiger partial charge is 0.188 e. The van der Waals surface area contributed by atoms with Gasteiger partial charge < -0.3 is 15.8 Å². The first-order valence-electron chi connectivity index (χ1n) is 7.81. The predicted molar refractivity (Wildman–Crippen MR) is 92.4 cm³/mol. The molecule has 20 heavy (non-hydrogen) atoms. The second-order valence-electron chi connectivity index (χ2n) is 6.93. The van der Waals surface area contributed by atoms with E-state index in [-0.39, 0.29) is 24.0 Å². The van der Waals surface area contributed by atoms with Crippen LogP contribution in [-0.2, 0) is 4.74 Å². The molecule has 0 bridgehead atoms. The van der Waals surface area contributed by atoms with Crippen LogP contribution >= 0.6 is 24.0 Å². The summed E-state index contributed by atoms with van der Waals surface area (Å²) in [6.07, 6.45) is 6.95. The largest absolute Gasteiger partial charge is 0.377 e. The highest BCUT2D eigenvalue weighted by Crippen LogP contribution is 2.60. The maximum absolute atomic E-state index is 6.06. The molecule has 3 fully saturated rings. The Kier molecular flexibility index (Phi) is 5.21. The molecule has 2 saturated carbocycles. The fourth-order valence-corrected chi connectivity index (χ4v) is 4.39. The van der Waals surface area contributed by atoms with Crippen LogP contribution in [0.1, 0.15) is 46.0 Å². The maximum atomic E-state index is 6.06. The fraction of sp³-hybridized carbons (Fsp3) is 0.933. The summed E-state index contributed by atoms with van der Waals surface area (Å²) in [5.74, 6) is 1.85. The summed E-state index contributed by atoms with van der Waals surface area (Å²) in [5, 5.41) is 3.52. The van der Waals surface area contributed by atoms with Crippen LogP contribution in [0.25, 0.3) is 0 Å². The molecule has 116 valence electrons. The highest BCUT2D eigenvalue weighted by atomic mass is 127. The number of halogens is 1. The van der Waals surface area contributed by atoms with Crippen LogP contribution in [0.4, 0.5) is 0 Å².